The van der Waals surface area contributed by atoms with Gasteiger partial charge in [-0.25, -0.2) is 13.8 Å². The summed E-state index contributed by atoms with van der Waals surface area (Å²) in [5, 5.41) is 5.69. The lowest BCUT2D eigenvalue weighted by Gasteiger charge is -2.09. The molecule has 0 aliphatic heterocycles. The number of nitrogens with zero attached hydrogens (tertiary/aromatic N) is 1. The summed E-state index contributed by atoms with van der Waals surface area (Å²) < 4.78 is 27.2. The molecule has 126 valence electrons. The average molecular weight is 360 g/mol. The van der Waals surface area contributed by atoms with E-state index in [9.17, 15) is 13.6 Å². The summed E-state index contributed by atoms with van der Waals surface area (Å²) in [5.41, 5.74) is 0.554. The minimum atomic E-state index is -0.722. The standard InChI is InChI=1S/C18H12ClF2N3O/c19-12-4-1-3-11(9-12)18(25)23-13-7-8-16(22-10-13)24-17-14(20)5-2-6-15(17)21/h1-10H,(H,22,24)(H,23,25). The fourth-order valence-corrected chi connectivity index (χ4v) is 2.31. The van der Waals surface area contributed by atoms with Crippen LogP contribution in [0.1, 0.15) is 10.4 Å². The molecule has 0 bridgehead atoms. The summed E-state index contributed by atoms with van der Waals surface area (Å²) in [4.78, 5) is 16.2. The lowest BCUT2D eigenvalue weighted by Crippen LogP contribution is -2.12. The van der Waals surface area contributed by atoms with Crippen LogP contribution in [0.25, 0.3) is 0 Å². The molecule has 7 heteroatoms. The number of halogens is 3. The SMILES string of the molecule is O=C(Nc1ccc(Nc2c(F)cccc2F)nc1)c1cccc(Cl)c1. The van der Waals surface area contributed by atoms with Gasteiger partial charge in [0.15, 0.2) is 0 Å². The zero-order valence-corrected chi connectivity index (χ0v) is 13.5. The maximum absolute atomic E-state index is 13.6. The van der Waals surface area contributed by atoms with Gasteiger partial charge in [-0.3, -0.25) is 4.79 Å². The highest BCUT2D eigenvalue weighted by molar-refractivity contribution is 6.31. The quantitative estimate of drug-likeness (QED) is 0.688. The second-order valence-corrected chi connectivity index (χ2v) is 5.55. The van der Waals surface area contributed by atoms with E-state index < -0.39 is 11.6 Å². The predicted molar refractivity (Wildman–Crippen MR) is 93.3 cm³/mol. The van der Waals surface area contributed by atoms with Gasteiger partial charge in [0.1, 0.15) is 23.1 Å². The number of anilines is 3. The summed E-state index contributed by atoms with van der Waals surface area (Å²) in [7, 11) is 0. The summed E-state index contributed by atoms with van der Waals surface area (Å²) >= 11 is 5.85. The van der Waals surface area contributed by atoms with Crippen molar-refractivity contribution >= 4 is 34.7 Å². The first-order valence-corrected chi connectivity index (χ1v) is 7.65. The van der Waals surface area contributed by atoms with Gasteiger partial charge in [0.05, 0.1) is 11.9 Å². The fraction of sp³-hybridized carbons (Fsp3) is 0. The highest BCUT2D eigenvalue weighted by Crippen LogP contribution is 2.22. The van der Waals surface area contributed by atoms with Crippen LogP contribution in [0, 0.1) is 11.6 Å². The number of benzene rings is 2. The molecular weight excluding hydrogens is 348 g/mol. The lowest BCUT2D eigenvalue weighted by molar-refractivity contribution is 0.102. The van der Waals surface area contributed by atoms with E-state index in [0.717, 1.165) is 12.1 Å². The molecule has 3 rings (SSSR count). The van der Waals surface area contributed by atoms with Gasteiger partial charge in [-0.05, 0) is 42.5 Å². The van der Waals surface area contributed by atoms with E-state index in [1.54, 1.807) is 30.3 Å². The molecule has 0 aliphatic carbocycles. The Morgan fingerprint density at radius 1 is 1.00 bits per heavy atom. The first-order valence-electron chi connectivity index (χ1n) is 7.27. The maximum atomic E-state index is 13.6. The van der Waals surface area contributed by atoms with Gasteiger partial charge < -0.3 is 10.6 Å². The smallest absolute Gasteiger partial charge is 0.255 e. The van der Waals surface area contributed by atoms with E-state index in [1.165, 1.54) is 18.3 Å². The third-order valence-electron chi connectivity index (χ3n) is 3.32. The van der Waals surface area contributed by atoms with Gasteiger partial charge in [0.25, 0.3) is 5.91 Å². The number of carbonyl (C=O) groups is 1. The Kier molecular flexibility index (Phi) is 4.90. The fourth-order valence-electron chi connectivity index (χ4n) is 2.12. The number of para-hydroxylation sites is 1. The van der Waals surface area contributed by atoms with Crippen LogP contribution in [0.4, 0.5) is 26.0 Å². The number of hydrogen-bond acceptors (Lipinski definition) is 3. The van der Waals surface area contributed by atoms with E-state index in [-0.39, 0.29) is 17.4 Å². The average Bonchev–Trinajstić information content (AvgIpc) is 2.60. The Morgan fingerprint density at radius 3 is 2.36 bits per heavy atom. The summed E-state index contributed by atoms with van der Waals surface area (Å²) in [6.07, 6.45) is 1.38. The van der Waals surface area contributed by atoms with Crippen molar-refractivity contribution in [3.8, 4) is 0 Å². The second kappa shape index (κ2) is 7.27. The molecule has 0 spiro atoms. The van der Waals surface area contributed by atoms with Crippen molar-refractivity contribution in [2.45, 2.75) is 0 Å². The number of carbonyl (C=O) groups excluding carboxylic acids is 1. The first kappa shape index (κ1) is 16.9. The lowest BCUT2D eigenvalue weighted by atomic mass is 10.2. The van der Waals surface area contributed by atoms with E-state index in [1.807, 2.05) is 0 Å². The Morgan fingerprint density at radius 2 is 1.72 bits per heavy atom. The Labute approximate surface area is 147 Å². The number of aromatic nitrogens is 1. The second-order valence-electron chi connectivity index (χ2n) is 5.12. The van der Waals surface area contributed by atoms with Gasteiger partial charge in [-0.1, -0.05) is 23.7 Å². The van der Waals surface area contributed by atoms with E-state index in [4.69, 9.17) is 11.6 Å². The van der Waals surface area contributed by atoms with Gasteiger partial charge in [0.2, 0.25) is 0 Å². The normalized spacial score (nSPS) is 10.4. The first-order chi connectivity index (χ1) is 12.0. The molecule has 0 saturated heterocycles. The summed E-state index contributed by atoms with van der Waals surface area (Å²) in [6, 6.07) is 13.1. The Hall–Kier alpha value is -2.99. The monoisotopic (exact) mass is 359 g/mol. The number of nitrogens with one attached hydrogen (secondary N) is 2. The van der Waals surface area contributed by atoms with Crippen molar-refractivity contribution in [2.24, 2.45) is 0 Å². The van der Waals surface area contributed by atoms with Crippen LogP contribution in [0.15, 0.2) is 60.8 Å². The van der Waals surface area contributed by atoms with Crippen molar-refractivity contribution in [2.75, 3.05) is 10.6 Å². The minimum absolute atomic E-state index is 0.241. The Bertz CT molecular complexity index is 896. The van der Waals surface area contributed by atoms with E-state index in [2.05, 4.69) is 15.6 Å². The third-order valence-corrected chi connectivity index (χ3v) is 3.56. The number of rotatable bonds is 4. The summed E-state index contributed by atoms with van der Waals surface area (Å²) in [5.74, 6) is -1.55. The Balaban J connectivity index is 1.71. The van der Waals surface area contributed by atoms with Crippen molar-refractivity contribution in [1.82, 2.24) is 4.98 Å². The molecule has 3 aromatic rings. The van der Waals surface area contributed by atoms with Gasteiger partial charge in [-0.2, -0.15) is 0 Å². The zero-order chi connectivity index (χ0) is 17.8. The molecule has 1 aromatic heterocycles. The van der Waals surface area contributed by atoms with Gasteiger partial charge in [-0.15, -0.1) is 0 Å². The zero-order valence-electron chi connectivity index (χ0n) is 12.8. The molecule has 0 aliphatic rings. The molecule has 0 saturated carbocycles. The van der Waals surface area contributed by atoms with Crippen LogP contribution in [0.5, 0.6) is 0 Å². The van der Waals surface area contributed by atoms with Crippen molar-refractivity contribution < 1.29 is 13.6 Å². The molecule has 2 N–H and O–H groups in total. The molecule has 25 heavy (non-hydrogen) atoms. The van der Waals surface area contributed by atoms with Crippen LogP contribution in [-0.2, 0) is 0 Å². The van der Waals surface area contributed by atoms with Crippen LogP contribution < -0.4 is 10.6 Å². The molecular formula is C18H12ClF2N3O. The third kappa shape index (κ3) is 4.10. The van der Waals surface area contributed by atoms with Crippen LogP contribution in [0.3, 0.4) is 0 Å². The number of amides is 1. The molecule has 0 fully saturated rings. The summed E-state index contributed by atoms with van der Waals surface area (Å²) in [6.45, 7) is 0. The van der Waals surface area contributed by atoms with E-state index in [0.29, 0.717) is 16.3 Å². The molecule has 0 radical (unpaired) electrons. The van der Waals surface area contributed by atoms with Gasteiger partial charge >= 0.3 is 0 Å². The molecule has 4 nitrogen and oxygen atoms in total. The van der Waals surface area contributed by atoms with E-state index >= 15 is 0 Å². The minimum Gasteiger partial charge on any atom is -0.335 e. The van der Waals surface area contributed by atoms with Crippen molar-refractivity contribution in [3.05, 3.63) is 83.0 Å². The molecule has 0 atom stereocenters. The van der Waals surface area contributed by atoms with Crippen LogP contribution in [-0.4, -0.2) is 10.9 Å². The number of pyridine rings is 1. The maximum Gasteiger partial charge on any atom is 0.255 e. The molecule has 1 amide bonds. The van der Waals surface area contributed by atoms with Crippen molar-refractivity contribution in [3.63, 3.8) is 0 Å². The van der Waals surface area contributed by atoms with Crippen molar-refractivity contribution in [1.29, 1.82) is 0 Å². The van der Waals surface area contributed by atoms with Crippen LogP contribution in [0.2, 0.25) is 5.02 Å². The topological polar surface area (TPSA) is 54.0 Å². The molecule has 1 heterocycles. The highest BCUT2D eigenvalue weighted by atomic mass is 35.5. The van der Waals surface area contributed by atoms with Gasteiger partial charge in [0, 0.05) is 10.6 Å². The number of hydrogen-bond donors (Lipinski definition) is 2. The predicted octanol–water partition coefficient (Wildman–Crippen LogP) is 5.01. The van der Waals surface area contributed by atoms with Crippen LogP contribution >= 0.6 is 11.6 Å². The largest absolute Gasteiger partial charge is 0.335 e. The highest BCUT2D eigenvalue weighted by Gasteiger charge is 2.10. The molecule has 0 unspecified atom stereocenters. The molecule has 2 aromatic carbocycles.